The highest BCUT2D eigenvalue weighted by Crippen LogP contribution is 2.31. The van der Waals surface area contributed by atoms with E-state index in [1.807, 2.05) is 12.1 Å². The first kappa shape index (κ1) is 13.7. The monoisotopic (exact) mass is 292 g/mol. The zero-order valence-corrected chi connectivity index (χ0v) is 11.8. The summed E-state index contributed by atoms with van der Waals surface area (Å²) >= 11 is 0. The van der Waals surface area contributed by atoms with E-state index in [-0.39, 0.29) is 5.56 Å². The van der Waals surface area contributed by atoms with E-state index >= 15 is 0 Å². The maximum Gasteiger partial charge on any atom is 0.337 e. The second-order valence-corrected chi connectivity index (χ2v) is 4.79. The van der Waals surface area contributed by atoms with Gasteiger partial charge < -0.3 is 14.8 Å². The quantitative estimate of drug-likeness (QED) is 0.774. The third-order valence-electron chi connectivity index (χ3n) is 3.57. The van der Waals surface area contributed by atoms with E-state index < -0.39 is 5.97 Å². The van der Waals surface area contributed by atoms with E-state index in [9.17, 15) is 15.2 Å². The van der Waals surface area contributed by atoms with Crippen LogP contribution in [0.2, 0.25) is 0 Å². The van der Waals surface area contributed by atoms with Crippen LogP contribution in [0.3, 0.4) is 0 Å². The number of aromatic nitrogens is 1. The molecule has 0 spiro atoms. The molecule has 5 heteroatoms. The van der Waals surface area contributed by atoms with E-state index in [0.29, 0.717) is 22.0 Å². The molecule has 0 amide bonds. The largest absolute Gasteiger partial charge is 0.497 e. The number of nitrogens with zero attached hydrogens (tertiary/aromatic N) is 1. The number of nitriles is 1. The average molecular weight is 292 g/mol. The summed E-state index contributed by atoms with van der Waals surface area (Å²) in [6.07, 6.45) is 1.44. The fraction of sp³-hybridized carbons (Fsp3) is 0.0588. The summed E-state index contributed by atoms with van der Waals surface area (Å²) in [5.41, 5.74) is 2.83. The Bertz CT molecular complexity index is 902. The van der Waals surface area contributed by atoms with Crippen molar-refractivity contribution in [2.75, 3.05) is 7.11 Å². The van der Waals surface area contributed by atoms with Crippen molar-refractivity contribution >= 4 is 16.9 Å². The summed E-state index contributed by atoms with van der Waals surface area (Å²) in [5.74, 6) is -0.284. The molecule has 108 valence electrons. The Balaban J connectivity index is 2.24. The van der Waals surface area contributed by atoms with Crippen molar-refractivity contribution in [3.8, 4) is 22.9 Å². The van der Waals surface area contributed by atoms with Gasteiger partial charge in [0, 0.05) is 22.7 Å². The van der Waals surface area contributed by atoms with Crippen molar-refractivity contribution in [2.24, 2.45) is 0 Å². The van der Waals surface area contributed by atoms with Gasteiger partial charge in [-0.1, -0.05) is 12.1 Å². The third-order valence-corrected chi connectivity index (χ3v) is 3.57. The zero-order chi connectivity index (χ0) is 15.7. The highest BCUT2D eigenvalue weighted by Gasteiger charge is 2.14. The van der Waals surface area contributed by atoms with Crippen molar-refractivity contribution < 1.29 is 14.6 Å². The summed E-state index contributed by atoms with van der Waals surface area (Å²) in [6.45, 7) is 0. The van der Waals surface area contributed by atoms with Crippen molar-refractivity contribution in [3.63, 3.8) is 0 Å². The van der Waals surface area contributed by atoms with Crippen molar-refractivity contribution in [1.82, 2.24) is 4.98 Å². The summed E-state index contributed by atoms with van der Waals surface area (Å²) in [6, 6.07) is 12.8. The Hall–Kier alpha value is -3.26. The van der Waals surface area contributed by atoms with Gasteiger partial charge >= 0.3 is 5.97 Å². The van der Waals surface area contributed by atoms with Gasteiger partial charge in [-0.3, -0.25) is 0 Å². The molecule has 0 radical (unpaired) electrons. The smallest absolute Gasteiger partial charge is 0.337 e. The lowest BCUT2D eigenvalue weighted by Gasteiger charge is -2.07. The molecule has 0 unspecified atom stereocenters. The normalized spacial score (nSPS) is 10.4. The highest BCUT2D eigenvalue weighted by atomic mass is 16.5. The van der Waals surface area contributed by atoms with Crippen LogP contribution in [-0.2, 0) is 0 Å². The summed E-state index contributed by atoms with van der Waals surface area (Å²) in [4.78, 5) is 14.1. The Morgan fingerprint density at radius 3 is 2.59 bits per heavy atom. The van der Waals surface area contributed by atoms with Gasteiger partial charge in [0.2, 0.25) is 0 Å². The third kappa shape index (κ3) is 2.17. The van der Waals surface area contributed by atoms with Crippen molar-refractivity contribution in [2.45, 2.75) is 0 Å². The molecule has 22 heavy (non-hydrogen) atoms. The van der Waals surface area contributed by atoms with E-state index in [1.165, 1.54) is 6.20 Å². The minimum Gasteiger partial charge on any atom is -0.497 e. The number of aromatic carboxylic acids is 1. The van der Waals surface area contributed by atoms with Crippen LogP contribution in [0, 0.1) is 11.3 Å². The number of fused-ring (bicyclic) bond motifs is 1. The first-order chi connectivity index (χ1) is 10.6. The number of H-pyrrole nitrogens is 1. The number of benzene rings is 2. The van der Waals surface area contributed by atoms with Crippen molar-refractivity contribution in [3.05, 3.63) is 53.7 Å². The molecule has 3 rings (SSSR count). The maximum atomic E-state index is 11.3. The Kier molecular flexibility index (Phi) is 3.28. The number of carboxylic acids is 1. The SMILES string of the molecule is COc1ccc(-c2cc3c(C(=O)O)c[nH]c3cc2C#N)cc1. The number of hydrogen-bond donors (Lipinski definition) is 2. The van der Waals surface area contributed by atoms with E-state index in [2.05, 4.69) is 11.1 Å². The van der Waals surface area contributed by atoms with Crippen LogP contribution < -0.4 is 4.74 Å². The molecular formula is C17H12N2O3. The number of nitrogens with one attached hydrogen (secondary N) is 1. The minimum atomic E-state index is -1.00. The number of rotatable bonds is 3. The number of carbonyl (C=O) groups is 1. The topological polar surface area (TPSA) is 86.1 Å². The molecule has 0 saturated heterocycles. The average Bonchev–Trinajstić information content (AvgIpc) is 2.96. The van der Waals surface area contributed by atoms with E-state index in [1.54, 1.807) is 31.4 Å². The lowest BCUT2D eigenvalue weighted by molar-refractivity contribution is 0.0699. The predicted molar refractivity (Wildman–Crippen MR) is 82.0 cm³/mol. The van der Waals surface area contributed by atoms with Gasteiger partial charge in [0.05, 0.1) is 24.3 Å². The molecule has 1 aromatic heterocycles. The second-order valence-electron chi connectivity index (χ2n) is 4.79. The van der Waals surface area contributed by atoms with E-state index in [4.69, 9.17) is 4.74 Å². The van der Waals surface area contributed by atoms with Gasteiger partial charge in [0.25, 0.3) is 0 Å². The molecule has 0 atom stereocenters. The fourth-order valence-corrected chi connectivity index (χ4v) is 2.45. The first-order valence-electron chi connectivity index (χ1n) is 6.57. The van der Waals surface area contributed by atoms with Gasteiger partial charge in [0.1, 0.15) is 5.75 Å². The van der Waals surface area contributed by atoms with Crippen molar-refractivity contribution in [1.29, 1.82) is 5.26 Å². The number of ether oxygens (including phenoxy) is 1. The lowest BCUT2D eigenvalue weighted by Crippen LogP contribution is -1.94. The number of aromatic amines is 1. The van der Waals surface area contributed by atoms with Crippen LogP contribution in [0.15, 0.2) is 42.6 Å². The summed E-state index contributed by atoms with van der Waals surface area (Å²) in [7, 11) is 1.58. The molecule has 2 aromatic carbocycles. The number of methoxy groups -OCH3 is 1. The number of hydrogen-bond acceptors (Lipinski definition) is 3. The molecule has 3 aromatic rings. The molecule has 0 saturated carbocycles. The Labute approximate surface area is 126 Å². The standard InChI is InChI=1S/C17H12N2O3/c1-22-12-4-2-10(3-5-12)13-7-14-15(17(20)21)9-19-16(14)6-11(13)8-18/h2-7,9,19H,1H3,(H,20,21). The van der Waals surface area contributed by atoms with Gasteiger partial charge in [0.15, 0.2) is 0 Å². The molecule has 2 N–H and O–H groups in total. The van der Waals surface area contributed by atoms with Gasteiger partial charge in [-0.05, 0) is 29.8 Å². The lowest BCUT2D eigenvalue weighted by atomic mass is 9.97. The first-order valence-corrected chi connectivity index (χ1v) is 6.57. The fourth-order valence-electron chi connectivity index (χ4n) is 2.45. The van der Waals surface area contributed by atoms with Crippen LogP contribution in [0.25, 0.3) is 22.0 Å². The summed E-state index contributed by atoms with van der Waals surface area (Å²) < 4.78 is 5.12. The Morgan fingerprint density at radius 1 is 1.27 bits per heavy atom. The highest BCUT2D eigenvalue weighted by molar-refractivity contribution is 6.05. The Morgan fingerprint density at radius 2 is 2.00 bits per heavy atom. The summed E-state index contributed by atoms with van der Waals surface area (Å²) in [5, 5.41) is 19.2. The molecule has 0 aliphatic carbocycles. The van der Waals surface area contributed by atoms with Crippen LogP contribution in [0.5, 0.6) is 5.75 Å². The minimum absolute atomic E-state index is 0.189. The van der Waals surface area contributed by atoms with Gasteiger partial charge in [-0.15, -0.1) is 0 Å². The van der Waals surface area contributed by atoms with Crippen LogP contribution in [0.4, 0.5) is 0 Å². The van der Waals surface area contributed by atoms with Crippen LogP contribution >= 0.6 is 0 Å². The maximum absolute atomic E-state index is 11.3. The molecular weight excluding hydrogens is 280 g/mol. The van der Waals surface area contributed by atoms with E-state index in [0.717, 1.165) is 11.3 Å². The molecule has 1 heterocycles. The molecule has 0 bridgehead atoms. The molecule has 0 aliphatic heterocycles. The van der Waals surface area contributed by atoms with Gasteiger partial charge in [-0.2, -0.15) is 5.26 Å². The molecule has 5 nitrogen and oxygen atoms in total. The number of carboxylic acid groups (broad SMARTS) is 1. The molecule has 0 aliphatic rings. The van der Waals surface area contributed by atoms with Crippen LogP contribution in [-0.4, -0.2) is 23.2 Å². The second kappa shape index (κ2) is 5.26. The van der Waals surface area contributed by atoms with Crippen LogP contribution in [0.1, 0.15) is 15.9 Å². The molecule has 0 fully saturated rings. The predicted octanol–water partition coefficient (Wildman–Crippen LogP) is 3.41. The van der Waals surface area contributed by atoms with Gasteiger partial charge in [-0.25, -0.2) is 4.79 Å². The zero-order valence-electron chi connectivity index (χ0n) is 11.8.